The van der Waals surface area contributed by atoms with Crippen LogP contribution in [0.1, 0.15) is 49.1 Å². The van der Waals surface area contributed by atoms with Gasteiger partial charge in [0.1, 0.15) is 5.78 Å². The van der Waals surface area contributed by atoms with Crippen LogP contribution in [0.5, 0.6) is 0 Å². The third-order valence-corrected chi connectivity index (χ3v) is 4.83. The van der Waals surface area contributed by atoms with E-state index in [-0.39, 0.29) is 5.78 Å². The molecule has 0 spiro atoms. The molecule has 2 aromatic rings. The Morgan fingerprint density at radius 2 is 1.91 bits per heavy atom. The van der Waals surface area contributed by atoms with Crippen LogP contribution in [-0.4, -0.2) is 22.3 Å². The Kier molecular flexibility index (Phi) is 4.09. The molecule has 0 aliphatic carbocycles. The number of carbonyl (C=O) groups excluding carboxylic acids is 1. The Hall–Kier alpha value is -1.61. The van der Waals surface area contributed by atoms with Gasteiger partial charge in [0, 0.05) is 42.7 Å². The van der Waals surface area contributed by atoms with Crippen LogP contribution >= 0.6 is 0 Å². The molecule has 118 valence electrons. The van der Waals surface area contributed by atoms with Crippen molar-refractivity contribution in [1.82, 2.24) is 9.47 Å². The number of Topliss-reactive ketones (excluding diaryl/α,β-unsaturated/α-hetero) is 1. The number of hydrogen-bond acceptors (Lipinski definition) is 2. The monoisotopic (exact) mass is 298 g/mol. The fourth-order valence-corrected chi connectivity index (χ4v) is 3.74. The van der Waals surface area contributed by atoms with E-state index in [0.29, 0.717) is 6.42 Å². The molecular formula is C19H26N2O. The van der Waals surface area contributed by atoms with E-state index in [4.69, 9.17) is 0 Å². The van der Waals surface area contributed by atoms with Crippen LogP contribution in [0, 0.1) is 6.92 Å². The molecule has 1 aliphatic rings. The molecule has 3 heteroatoms. The minimum Gasteiger partial charge on any atom is -0.345 e. The molecule has 3 rings (SSSR count). The maximum atomic E-state index is 11.4. The number of fused-ring (bicyclic) bond motifs is 2. The molecule has 0 fully saturated rings. The van der Waals surface area contributed by atoms with Crippen LogP contribution in [0.15, 0.2) is 12.1 Å². The van der Waals surface area contributed by atoms with Crippen molar-refractivity contribution < 1.29 is 4.79 Å². The average Bonchev–Trinajstić information content (AvgIpc) is 2.93. The van der Waals surface area contributed by atoms with Gasteiger partial charge >= 0.3 is 0 Å². The Labute approximate surface area is 132 Å². The molecule has 22 heavy (non-hydrogen) atoms. The molecule has 0 radical (unpaired) electrons. The zero-order chi connectivity index (χ0) is 15.9. The zero-order valence-corrected chi connectivity index (χ0v) is 14.2. The van der Waals surface area contributed by atoms with Crippen molar-refractivity contribution in [2.75, 3.05) is 7.05 Å². The molecular weight excluding hydrogens is 272 g/mol. The molecule has 2 heterocycles. The number of nitrogens with zero attached hydrogens (tertiary/aromatic N) is 2. The highest BCUT2D eigenvalue weighted by Gasteiger charge is 2.21. The first-order chi connectivity index (χ1) is 10.5. The van der Waals surface area contributed by atoms with Crippen molar-refractivity contribution in [3.8, 4) is 0 Å². The summed E-state index contributed by atoms with van der Waals surface area (Å²) in [6.07, 6.45) is 2.64. The van der Waals surface area contributed by atoms with Crippen molar-refractivity contribution in [3.63, 3.8) is 0 Å². The van der Waals surface area contributed by atoms with Gasteiger partial charge in [-0.1, -0.05) is 6.92 Å². The molecule has 1 aliphatic heterocycles. The summed E-state index contributed by atoms with van der Waals surface area (Å²) in [5.41, 5.74) is 6.98. The van der Waals surface area contributed by atoms with E-state index in [1.54, 1.807) is 6.92 Å². The van der Waals surface area contributed by atoms with E-state index in [0.717, 1.165) is 32.5 Å². The summed E-state index contributed by atoms with van der Waals surface area (Å²) < 4.78 is 2.45. The molecule has 0 unspecified atom stereocenters. The largest absolute Gasteiger partial charge is 0.345 e. The maximum Gasteiger partial charge on any atom is 0.130 e. The van der Waals surface area contributed by atoms with E-state index in [2.05, 4.69) is 42.5 Å². The van der Waals surface area contributed by atoms with Gasteiger partial charge in [0.05, 0.1) is 0 Å². The number of aryl methyl sites for hydroxylation is 2. The molecule has 0 N–H and O–H groups in total. The van der Waals surface area contributed by atoms with E-state index < -0.39 is 0 Å². The van der Waals surface area contributed by atoms with Crippen molar-refractivity contribution in [2.45, 2.75) is 59.7 Å². The predicted octanol–water partition coefficient (Wildman–Crippen LogP) is 3.83. The Bertz CT molecular complexity index is 727. The lowest BCUT2D eigenvalue weighted by Crippen LogP contribution is -2.07. The van der Waals surface area contributed by atoms with Gasteiger partial charge in [-0.25, -0.2) is 0 Å². The fourth-order valence-electron chi connectivity index (χ4n) is 3.74. The van der Waals surface area contributed by atoms with Gasteiger partial charge in [0.25, 0.3) is 0 Å². The first-order valence-electron chi connectivity index (χ1n) is 8.32. The van der Waals surface area contributed by atoms with Gasteiger partial charge in [-0.15, -0.1) is 0 Å². The standard InChI is InChI=1S/C19H26N2O/c1-5-8-21-14(3)17(7-6-13(2)22)18-9-15-11-20(4)12-16(15)10-19(18)21/h9-10H,5-8,11-12H2,1-4H3. The molecule has 1 aromatic carbocycles. The third-order valence-electron chi connectivity index (χ3n) is 4.83. The second-order valence-electron chi connectivity index (χ2n) is 6.73. The smallest absolute Gasteiger partial charge is 0.130 e. The SMILES string of the molecule is CCCn1c(C)c(CCC(C)=O)c2cc3c(cc21)CN(C)C3. The van der Waals surface area contributed by atoms with Gasteiger partial charge in [-0.2, -0.15) is 0 Å². The Morgan fingerprint density at radius 3 is 2.55 bits per heavy atom. The third kappa shape index (κ3) is 2.58. The second kappa shape index (κ2) is 5.88. The van der Waals surface area contributed by atoms with Crippen LogP contribution in [0.25, 0.3) is 10.9 Å². The number of ketones is 1. The number of benzene rings is 1. The summed E-state index contributed by atoms with van der Waals surface area (Å²) in [4.78, 5) is 13.8. The van der Waals surface area contributed by atoms with Crippen molar-refractivity contribution in [2.24, 2.45) is 0 Å². The minimum absolute atomic E-state index is 0.275. The highest BCUT2D eigenvalue weighted by Crippen LogP contribution is 2.33. The quantitative estimate of drug-likeness (QED) is 0.838. The summed E-state index contributed by atoms with van der Waals surface area (Å²) >= 11 is 0. The first kappa shape index (κ1) is 15.3. The van der Waals surface area contributed by atoms with Crippen LogP contribution < -0.4 is 0 Å². The predicted molar refractivity (Wildman–Crippen MR) is 91.1 cm³/mol. The fraction of sp³-hybridized carbons (Fsp3) is 0.526. The van der Waals surface area contributed by atoms with Crippen molar-refractivity contribution in [3.05, 3.63) is 34.5 Å². The number of carbonyl (C=O) groups is 1. The summed E-state index contributed by atoms with van der Waals surface area (Å²) in [6, 6.07) is 4.76. The first-order valence-corrected chi connectivity index (χ1v) is 8.32. The molecule has 1 aromatic heterocycles. The van der Waals surface area contributed by atoms with E-state index in [9.17, 15) is 4.79 Å². The van der Waals surface area contributed by atoms with Crippen LogP contribution in [0.3, 0.4) is 0 Å². The lowest BCUT2D eigenvalue weighted by molar-refractivity contribution is -0.116. The van der Waals surface area contributed by atoms with Crippen LogP contribution in [0.2, 0.25) is 0 Å². The number of aromatic nitrogens is 1. The van der Waals surface area contributed by atoms with Gasteiger partial charge < -0.3 is 9.36 Å². The second-order valence-corrected chi connectivity index (χ2v) is 6.73. The summed E-state index contributed by atoms with van der Waals surface area (Å²) in [5, 5.41) is 1.36. The molecule has 0 atom stereocenters. The highest BCUT2D eigenvalue weighted by molar-refractivity contribution is 5.88. The summed E-state index contributed by atoms with van der Waals surface area (Å²) in [6.45, 7) is 9.26. The topological polar surface area (TPSA) is 25.2 Å². The summed E-state index contributed by atoms with van der Waals surface area (Å²) in [7, 11) is 2.17. The van der Waals surface area contributed by atoms with Gasteiger partial charge in [0.2, 0.25) is 0 Å². The molecule has 0 amide bonds. The van der Waals surface area contributed by atoms with Gasteiger partial charge in [-0.05, 0) is 62.6 Å². The van der Waals surface area contributed by atoms with Crippen molar-refractivity contribution >= 4 is 16.7 Å². The highest BCUT2D eigenvalue weighted by atomic mass is 16.1. The average molecular weight is 298 g/mol. The molecule has 0 saturated heterocycles. The van der Waals surface area contributed by atoms with Gasteiger partial charge in [0.15, 0.2) is 0 Å². The summed E-state index contributed by atoms with van der Waals surface area (Å²) in [5.74, 6) is 0.275. The van der Waals surface area contributed by atoms with Crippen molar-refractivity contribution in [1.29, 1.82) is 0 Å². The van der Waals surface area contributed by atoms with Gasteiger partial charge in [-0.3, -0.25) is 4.90 Å². The zero-order valence-electron chi connectivity index (χ0n) is 14.2. The van der Waals surface area contributed by atoms with Crippen LogP contribution in [0.4, 0.5) is 0 Å². The minimum atomic E-state index is 0.275. The maximum absolute atomic E-state index is 11.4. The van der Waals surface area contributed by atoms with E-state index in [1.807, 2.05) is 0 Å². The van der Waals surface area contributed by atoms with E-state index >= 15 is 0 Å². The number of rotatable bonds is 5. The van der Waals surface area contributed by atoms with E-state index in [1.165, 1.54) is 33.3 Å². The normalized spacial score (nSPS) is 14.7. The molecule has 0 saturated carbocycles. The molecule has 3 nitrogen and oxygen atoms in total. The molecule has 0 bridgehead atoms. The lowest BCUT2D eigenvalue weighted by Gasteiger charge is -2.07. The Balaban J connectivity index is 2.14. The lowest BCUT2D eigenvalue weighted by atomic mass is 10.0. The Morgan fingerprint density at radius 1 is 1.23 bits per heavy atom. The number of hydrogen-bond donors (Lipinski definition) is 0. The van der Waals surface area contributed by atoms with Crippen LogP contribution in [-0.2, 0) is 30.8 Å².